The molecule has 8 nitrogen and oxygen atoms in total. The molecule has 0 unspecified atom stereocenters. The number of nitrogens with zero attached hydrogens (tertiary/aromatic N) is 2. The van der Waals surface area contributed by atoms with Crippen molar-refractivity contribution in [3.8, 4) is 22.5 Å². The van der Waals surface area contributed by atoms with Gasteiger partial charge in [-0.1, -0.05) is 34.4 Å². The molecule has 5 aromatic heterocycles. The van der Waals surface area contributed by atoms with E-state index < -0.39 is 5.41 Å². The third-order valence-corrected chi connectivity index (χ3v) is 13.1. The molecule has 284 valence electrons. The first-order valence-electron chi connectivity index (χ1n) is 18.1. The molecule has 0 fully saturated rings. The number of hydrazine groups is 1. The lowest BCUT2D eigenvalue weighted by Gasteiger charge is -2.20. The van der Waals surface area contributed by atoms with E-state index >= 15 is 0 Å². The van der Waals surface area contributed by atoms with E-state index in [1.807, 2.05) is 20.8 Å². The standard InChI is InChI=1S/C22H25ClN4S.C20H24ClN3OS/c1-12-8-13(2)10-15(9-12)19-16(6-7-23)17-11-18(28-20(17)25-19)22(4,5)21-24-14(3)26-27-21;1-11-7-12(2)9-13(8-11)17-14(5-6-21)15-10-16(26-18(15)23-17)20(3,4)19(25)24-22/h8-11,25H,6-7H2,1-5H3,(H,24,26,27);7-10,23H,5-6,22H2,1-4H3,(H,24,25). The number of alkyl halides is 2. The third-order valence-electron chi connectivity index (χ3n) is 9.99. The number of hydrogen-bond donors (Lipinski definition) is 5. The van der Waals surface area contributed by atoms with Gasteiger partial charge in [0.05, 0.1) is 22.2 Å². The number of amides is 1. The first-order chi connectivity index (χ1) is 25.6. The number of carbonyl (C=O) groups is 1. The quantitative estimate of drug-likeness (QED) is 0.0408. The smallest absolute Gasteiger partial charge is 0.244 e. The van der Waals surface area contributed by atoms with Gasteiger partial charge in [0.15, 0.2) is 5.82 Å². The van der Waals surface area contributed by atoms with Crippen molar-refractivity contribution in [3.05, 3.63) is 103 Å². The summed E-state index contributed by atoms with van der Waals surface area (Å²) in [4.78, 5) is 28.4. The van der Waals surface area contributed by atoms with Crippen LogP contribution in [0.3, 0.4) is 0 Å². The van der Waals surface area contributed by atoms with Crippen molar-refractivity contribution < 1.29 is 4.79 Å². The Labute approximate surface area is 335 Å². The fraction of sp³-hybridized carbons (Fsp3) is 0.357. The molecule has 5 heterocycles. The summed E-state index contributed by atoms with van der Waals surface area (Å²) in [5.41, 5.74) is 13.5. The van der Waals surface area contributed by atoms with E-state index in [1.165, 1.54) is 65.3 Å². The second-order valence-corrected chi connectivity index (χ2v) is 18.1. The lowest BCUT2D eigenvalue weighted by Crippen LogP contribution is -2.43. The predicted molar refractivity (Wildman–Crippen MR) is 230 cm³/mol. The van der Waals surface area contributed by atoms with Crippen molar-refractivity contribution in [1.29, 1.82) is 0 Å². The van der Waals surface area contributed by atoms with Crippen LogP contribution in [0.5, 0.6) is 0 Å². The SMILES string of the molecule is Cc1cc(C)cc(-c2[nH]c3sc(C(C)(C)C(=O)NN)cc3c2CCCl)c1.Cc1cc(C)cc(-c2[nH]c3sc(C(C)(C)c4n[nH]c(C)n4)cc3c2CCCl)c1. The Kier molecular flexibility index (Phi) is 11.5. The maximum absolute atomic E-state index is 12.1. The molecule has 0 aliphatic carbocycles. The molecule has 6 N–H and O–H groups in total. The number of aryl methyl sites for hydroxylation is 7. The van der Waals surface area contributed by atoms with Gasteiger partial charge in [-0.25, -0.2) is 10.8 Å². The maximum Gasteiger partial charge on any atom is 0.244 e. The summed E-state index contributed by atoms with van der Waals surface area (Å²) < 4.78 is 0. The molecular formula is C42H49Cl2N7OS2. The average molecular weight is 803 g/mol. The fourth-order valence-electron chi connectivity index (χ4n) is 7.14. The van der Waals surface area contributed by atoms with Gasteiger partial charge in [0.2, 0.25) is 5.91 Å². The largest absolute Gasteiger partial charge is 0.346 e. The molecule has 1 amide bonds. The number of aromatic amines is 3. The lowest BCUT2D eigenvalue weighted by molar-refractivity contribution is -0.125. The number of hydrogen-bond acceptors (Lipinski definition) is 6. The normalized spacial score (nSPS) is 12.1. The number of halogens is 2. The Morgan fingerprint density at radius 2 is 1.17 bits per heavy atom. The van der Waals surface area contributed by atoms with E-state index in [0.717, 1.165) is 45.3 Å². The zero-order chi connectivity index (χ0) is 39.1. The fourth-order valence-corrected chi connectivity index (χ4v) is 9.90. The summed E-state index contributed by atoms with van der Waals surface area (Å²) >= 11 is 15.6. The van der Waals surface area contributed by atoms with Gasteiger partial charge in [-0.15, -0.1) is 45.9 Å². The predicted octanol–water partition coefficient (Wildman–Crippen LogP) is 10.6. The van der Waals surface area contributed by atoms with Crippen LogP contribution in [0.25, 0.3) is 42.9 Å². The second-order valence-electron chi connectivity index (χ2n) is 15.3. The zero-order valence-corrected chi connectivity index (χ0v) is 35.5. The van der Waals surface area contributed by atoms with Crippen LogP contribution in [0.1, 0.15) is 82.5 Å². The van der Waals surface area contributed by atoms with Crippen LogP contribution < -0.4 is 11.3 Å². The van der Waals surface area contributed by atoms with Gasteiger partial charge < -0.3 is 9.97 Å². The molecule has 0 saturated carbocycles. The van der Waals surface area contributed by atoms with Crippen molar-refractivity contribution in [2.75, 3.05) is 11.8 Å². The Morgan fingerprint density at radius 1 is 0.722 bits per heavy atom. The third kappa shape index (κ3) is 7.77. The van der Waals surface area contributed by atoms with Crippen molar-refractivity contribution in [1.82, 2.24) is 30.6 Å². The molecule has 7 rings (SSSR count). The highest BCUT2D eigenvalue weighted by Gasteiger charge is 2.33. The molecule has 0 aliphatic rings. The van der Waals surface area contributed by atoms with Gasteiger partial charge in [0.25, 0.3) is 0 Å². The monoisotopic (exact) mass is 801 g/mol. The molecule has 0 radical (unpaired) electrons. The Balaban J connectivity index is 0.000000185. The summed E-state index contributed by atoms with van der Waals surface area (Å²) in [6.07, 6.45) is 1.60. The average Bonchev–Trinajstić information content (AvgIpc) is 3.93. The topological polar surface area (TPSA) is 128 Å². The Hall–Kier alpha value is -3.93. The molecule has 0 saturated heterocycles. The maximum atomic E-state index is 12.1. The Morgan fingerprint density at radius 3 is 1.57 bits per heavy atom. The summed E-state index contributed by atoms with van der Waals surface area (Å²) in [7, 11) is 0. The second kappa shape index (κ2) is 15.7. The number of H-pyrrole nitrogens is 3. The van der Waals surface area contributed by atoms with E-state index in [2.05, 4.69) is 121 Å². The van der Waals surface area contributed by atoms with Crippen LogP contribution in [0.15, 0.2) is 48.5 Å². The van der Waals surface area contributed by atoms with Gasteiger partial charge >= 0.3 is 0 Å². The van der Waals surface area contributed by atoms with Crippen LogP contribution in [0.4, 0.5) is 0 Å². The molecule has 0 bridgehead atoms. The summed E-state index contributed by atoms with van der Waals surface area (Å²) in [5, 5.41) is 9.76. The van der Waals surface area contributed by atoms with Gasteiger partial charge in [-0.3, -0.25) is 15.3 Å². The number of carbonyl (C=O) groups excluding carboxylic acids is 1. The van der Waals surface area contributed by atoms with Crippen molar-refractivity contribution >= 4 is 72.2 Å². The number of fused-ring (bicyclic) bond motifs is 2. The lowest BCUT2D eigenvalue weighted by atomic mass is 9.90. The first kappa shape index (κ1) is 39.8. The van der Waals surface area contributed by atoms with E-state index in [1.54, 1.807) is 22.7 Å². The van der Waals surface area contributed by atoms with Crippen LogP contribution in [0.2, 0.25) is 0 Å². The van der Waals surface area contributed by atoms with E-state index in [-0.39, 0.29) is 11.3 Å². The molecular weight excluding hydrogens is 754 g/mol. The van der Waals surface area contributed by atoms with Crippen molar-refractivity contribution in [2.45, 2.75) is 86.0 Å². The number of rotatable bonds is 10. The van der Waals surface area contributed by atoms with E-state index in [9.17, 15) is 4.79 Å². The number of aromatic nitrogens is 5. The zero-order valence-electron chi connectivity index (χ0n) is 32.4. The van der Waals surface area contributed by atoms with Gasteiger partial charge in [-0.2, -0.15) is 5.10 Å². The van der Waals surface area contributed by atoms with Crippen molar-refractivity contribution in [3.63, 3.8) is 0 Å². The number of nitrogens with two attached hydrogens (primary N) is 1. The van der Waals surface area contributed by atoms with Gasteiger partial charge in [-0.05, 0) is 134 Å². The molecule has 12 heteroatoms. The minimum Gasteiger partial charge on any atom is -0.346 e. The van der Waals surface area contributed by atoms with Crippen molar-refractivity contribution in [2.24, 2.45) is 5.84 Å². The minimum atomic E-state index is -0.683. The van der Waals surface area contributed by atoms with Gasteiger partial charge in [0, 0.05) is 32.3 Å². The highest BCUT2D eigenvalue weighted by molar-refractivity contribution is 7.19. The number of nitrogens with one attached hydrogen (secondary N) is 4. The highest BCUT2D eigenvalue weighted by Crippen LogP contribution is 2.43. The number of benzene rings is 2. The van der Waals surface area contributed by atoms with Crippen LogP contribution >= 0.6 is 45.9 Å². The molecule has 0 aliphatic heterocycles. The van der Waals surface area contributed by atoms with Crippen LogP contribution in [0, 0.1) is 34.6 Å². The number of thiophene rings is 2. The van der Waals surface area contributed by atoms with Crippen LogP contribution in [-0.4, -0.2) is 42.8 Å². The minimum absolute atomic E-state index is 0.199. The Bertz CT molecular complexity index is 2420. The first-order valence-corrected chi connectivity index (χ1v) is 20.8. The van der Waals surface area contributed by atoms with E-state index in [4.69, 9.17) is 29.0 Å². The summed E-state index contributed by atoms with van der Waals surface area (Å²) in [6, 6.07) is 17.6. The summed E-state index contributed by atoms with van der Waals surface area (Å²) in [5.74, 6) is 7.95. The molecule has 2 aromatic carbocycles. The highest BCUT2D eigenvalue weighted by atomic mass is 35.5. The van der Waals surface area contributed by atoms with E-state index in [0.29, 0.717) is 11.8 Å². The molecule has 7 aromatic rings. The van der Waals surface area contributed by atoms with Crippen LogP contribution in [-0.2, 0) is 28.5 Å². The summed E-state index contributed by atoms with van der Waals surface area (Å²) in [6.45, 7) is 18.5. The van der Waals surface area contributed by atoms with Gasteiger partial charge in [0.1, 0.15) is 15.5 Å². The molecule has 0 spiro atoms. The molecule has 0 atom stereocenters. The molecule has 54 heavy (non-hydrogen) atoms.